The fourth-order valence-electron chi connectivity index (χ4n) is 1.57. The Hall–Kier alpha value is -2.43. The first-order valence-corrected chi connectivity index (χ1v) is 5.90. The highest BCUT2D eigenvalue weighted by molar-refractivity contribution is 5.47. The third-order valence-corrected chi connectivity index (χ3v) is 2.59. The van der Waals surface area contributed by atoms with Gasteiger partial charge in [-0.05, 0) is 0 Å². The number of hydrogen-bond donors (Lipinski definition) is 3. The van der Waals surface area contributed by atoms with Crippen LogP contribution in [0.15, 0.2) is 12.4 Å². The summed E-state index contributed by atoms with van der Waals surface area (Å²) in [5, 5.41) is 10.3. The number of nitrogens with one attached hydrogen (secondary N) is 2. The Kier molecular flexibility index (Phi) is 4.21. The van der Waals surface area contributed by atoms with E-state index in [1.165, 1.54) is 12.4 Å². The maximum atomic E-state index is 12.6. The van der Waals surface area contributed by atoms with E-state index in [0.717, 1.165) is 0 Å². The van der Waals surface area contributed by atoms with Gasteiger partial charge in [-0.25, -0.2) is 15.8 Å². The molecule has 0 atom stereocenters. The van der Waals surface area contributed by atoms with E-state index >= 15 is 0 Å². The molecule has 21 heavy (non-hydrogen) atoms. The maximum absolute atomic E-state index is 12.6. The van der Waals surface area contributed by atoms with Gasteiger partial charge in [0.15, 0.2) is 0 Å². The summed E-state index contributed by atoms with van der Waals surface area (Å²) in [4.78, 5) is 6.66. The lowest BCUT2D eigenvalue weighted by atomic mass is 10.4. The number of alkyl halides is 3. The van der Waals surface area contributed by atoms with Crippen molar-refractivity contribution >= 4 is 11.6 Å². The summed E-state index contributed by atoms with van der Waals surface area (Å²) >= 11 is 0. The van der Waals surface area contributed by atoms with E-state index in [1.807, 2.05) is 0 Å². The third kappa shape index (κ3) is 3.78. The molecule has 0 aliphatic heterocycles. The molecule has 4 N–H and O–H groups in total. The van der Waals surface area contributed by atoms with Crippen LogP contribution in [0.5, 0.6) is 0 Å². The van der Waals surface area contributed by atoms with E-state index in [-0.39, 0.29) is 11.6 Å². The van der Waals surface area contributed by atoms with Crippen LogP contribution >= 0.6 is 0 Å². The second-order valence-corrected chi connectivity index (χ2v) is 4.14. The molecule has 0 aliphatic rings. The zero-order chi connectivity index (χ0) is 15.5. The van der Waals surface area contributed by atoms with Crippen LogP contribution in [0.4, 0.5) is 24.8 Å². The summed E-state index contributed by atoms with van der Waals surface area (Å²) in [6.45, 7) is 0.338. The number of aryl methyl sites for hydroxylation is 1. The van der Waals surface area contributed by atoms with Crippen molar-refractivity contribution in [2.24, 2.45) is 12.9 Å². The molecule has 0 saturated carbocycles. The summed E-state index contributed by atoms with van der Waals surface area (Å²) in [5.74, 6) is 4.43. The van der Waals surface area contributed by atoms with E-state index in [1.54, 1.807) is 11.6 Å². The highest BCUT2D eigenvalue weighted by Gasteiger charge is 2.35. The molecule has 2 heterocycles. The second kappa shape index (κ2) is 5.91. The number of nitrogens with two attached hydrogens (primary N) is 1. The molecular weight excluding hydrogens is 289 g/mol. The van der Waals surface area contributed by atoms with Crippen LogP contribution in [0, 0.1) is 0 Å². The van der Waals surface area contributed by atoms with Crippen LogP contribution in [0.3, 0.4) is 0 Å². The number of rotatable bonds is 5. The molecule has 114 valence electrons. The lowest BCUT2D eigenvalue weighted by Gasteiger charge is -2.11. The zero-order valence-corrected chi connectivity index (χ0v) is 11.0. The second-order valence-electron chi connectivity index (χ2n) is 4.14. The quantitative estimate of drug-likeness (QED) is 0.547. The van der Waals surface area contributed by atoms with Gasteiger partial charge in [0, 0.05) is 26.1 Å². The number of hydrazine groups is 1. The molecule has 0 fully saturated rings. The van der Waals surface area contributed by atoms with Crippen molar-refractivity contribution in [1.29, 1.82) is 0 Å². The molecule has 2 aromatic rings. The predicted octanol–water partition coefficient (Wildman–Crippen LogP) is 0.564. The Balaban J connectivity index is 2.07. The Bertz CT molecular complexity index is 609. The highest BCUT2D eigenvalue weighted by atomic mass is 19.4. The van der Waals surface area contributed by atoms with Gasteiger partial charge in [-0.1, -0.05) is 0 Å². The maximum Gasteiger partial charge on any atom is 0.451 e. The standard InChI is InChI=1S/C10H13F3N8/c1-21-5-16-20-8(21)2-3-15-6-4-7(19-14)18-9(17-6)10(11,12)13/h4-5H,2-3,14H2,1H3,(H2,15,17,18,19). The number of halogens is 3. The van der Waals surface area contributed by atoms with Gasteiger partial charge >= 0.3 is 6.18 Å². The monoisotopic (exact) mass is 302 g/mol. The van der Waals surface area contributed by atoms with Crippen molar-refractivity contribution in [2.45, 2.75) is 12.6 Å². The molecule has 2 aromatic heterocycles. The van der Waals surface area contributed by atoms with Gasteiger partial charge in [-0.15, -0.1) is 10.2 Å². The first-order valence-electron chi connectivity index (χ1n) is 5.90. The van der Waals surface area contributed by atoms with Gasteiger partial charge in [0.2, 0.25) is 5.82 Å². The summed E-state index contributed by atoms with van der Waals surface area (Å²) in [6.07, 6.45) is -2.63. The predicted molar refractivity (Wildman–Crippen MR) is 68.0 cm³/mol. The minimum absolute atomic E-state index is 0.0208. The number of nitrogen functional groups attached to an aromatic ring is 1. The molecule has 0 radical (unpaired) electrons. The average Bonchev–Trinajstić information content (AvgIpc) is 2.83. The Morgan fingerprint density at radius 3 is 2.57 bits per heavy atom. The molecule has 8 nitrogen and oxygen atoms in total. The molecule has 0 saturated heterocycles. The van der Waals surface area contributed by atoms with Crippen LogP contribution in [0.1, 0.15) is 11.6 Å². The lowest BCUT2D eigenvalue weighted by molar-refractivity contribution is -0.144. The van der Waals surface area contributed by atoms with Crippen LogP contribution in [0.25, 0.3) is 0 Å². The number of anilines is 2. The largest absolute Gasteiger partial charge is 0.451 e. The number of aromatic nitrogens is 5. The van der Waals surface area contributed by atoms with Crippen molar-refractivity contribution in [2.75, 3.05) is 17.3 Å². The van der Waals surface area contributed by atoms with Crippen molar-refractivity contribution < 1.29 is 13.2 Å². The van der Waals surface area contributed by atoms with Crippen molar-refractivity contribution in [1.82, 2.24) is 24.7 Å². The molecule has 0 bridgehead atoms. The minimum atomic E-state index is -4.65. The first kappa shape index (κ1) is 15.0. The smallest absolute Gasteiger partial charge is 0.369 e. The van der Waals surface area contributed by atoms with Crippen molar-refractivity contribution in [3.8, 4) is 0 Å². The molecule has 0 aliphatic carbocycles. The van der Waals surface area contributed by atoms with Gasteiger partial charge in [-0.2, -0.15) is 13.2 Å². The molecule has 2 rings (SSSR count). The first-order chi connectivity index (χ1) is 9.90. The highest BCUT2D eigenvalue weighted by Crippen LogP contribution is 2.28. The molecule has 0 aromatic carbocycles. The summed E-state index contributed by atoms with van der Waals surface area (Å²) in [5.41, 5.74) is 2.08. The minimum Gasteiger partial charge on any atom is -0.369 e. The van der Waals surface area contributed by atoms with Crippen LogP contribution in [0.2, 0.25) is 0 Å². The number of hydrogen-bond acceptors (Lipinski definition) is 7. The third-order valence-electron chi connectivity index (χ3n) is 2.59. The topological polar surface area (TPSA) is 107 Å². The normalized spacial score (nSPS) is 11.5. The van der Waals surface area contributed by atoms with Crippen LogP contribution in [-0.4, -0.2) is 31.3 Å². The van der Waals surface area contributed by atoms with E-state index in [0.29, 0.717) is 18.8 Å². The number of nitrogens with zero attached hydrogens (tertiary/aromatic N) is 5. The van der Waals surface area contributed by atoms with E-state index in [2.05, 4.69) is 30.9 Å². The van der Waals surface area contributed by atoms with Crippen molar-refractivity contribution in [3.05, 3.63) is 24.0 Å². The summed E-state index contributed by atoms with van der Waals surface area (Å²) < 4.78 is 39.6. The van der Waals surface area contributed by atoms with Gasteiger partial charge in [0.1, 0.15) is 23.8 Å². The Morgan fingerprint density at radius 2 is 2.00 bits per heavy atom. The average molecular weight is 302 g/mol. The Morgan fingerprint density at radius 1 is 1.29 bits per heavy atom. The van der Waals surface area contributed by atoms with Gasteiger partial charge in [0.05, 0.1) is 0 Å². The zero-order valence-electron chi connectivity index (χ0n) is 11.0. The van der Waals surface area contributed by atoms with Gasteiger partial charge < -0.3 is 15.3 Å². The fourth-order valence-corrected chi connectivity index (χ4v) is 1.57. The van der Waals surface area contributed by atoms with Crippen LogP contribution in [-0.2, 0) is 19.6 Å². The van der Waals surface area contributed by atoms with Crippen molar-refractivity contribution in [3.63, 3.8) is 0 Å². The Labute approximate surface area is 117 Å². The molecule has 11 heteroatoms. The molecule has 0 amide bonds. The summed E-state index contributed by atoms with van der Waals surface area (Å²) in [7, 11) is 1.78. The SMILES string of the molecule is Cn1cnnc1CCNc1cc(NN)nc(C(F)(F)F)n1. The molecule has 0 spiro atoms. The molecular formula is C10H13F3N8. The van der Waals surface area contributed by atoms with Gasteiger partial charge in [0.25, 0.3) is 0 Å². The lowest BCUT2D eigenvalue weighted by Crippen LogP contribution is -2.18. The van der Waals surface area contributed by atoms with E-state index in [4.69, 9.17) is 5.84 Å². The van der Waals surface area contributed by atoms with E-state index in [9.17, 15) is 13.2 Å². The summed E-state index contributed by atoms with van der Waals surface area (Å²) in [6, 6.07) is 1.28. The molecule has 0 unspecified atom stereocenters. The fraction of sp³-hybridized carbons (Fsp3) is 0.400. The van der Waals surface area contributed by atoms with Crippen LogP contribution < -0.4 is 16.6 Å². The van der Waals surface area contributed by atoms with Gasteiger partial charge in [-0.3, -0.25) is 0 Å². The van der Waals surface area contributed by atoms with E-state index < -0.39 is 12.0 Å².